The van der Waals surface area contributed by atoms with Crippen LogP contribution in [0, 0.1) is 0 Å². The maximum Gasteiger partial charge on any atom is 0.307 e. The molecule has 0 fully saturated rings. The molecule has 0 radical (unpaired) electrons. The third-order valence-electron chi connectivity index (χ3n) is 4.15. The Balaban J connectivity index is 2.20. The van der Waals surface area contributed by atoms with Crippen molar-refractivity contribution in [2.45, 2.75) is 17.9 Å². The second-order valence-electron chi connectivity index (χ2n) is 6.20. The lowest BCUT2D eigenvalue weighted by atomic mass is 10.1. The summed E-state index contributed by atoms with van der Waals surface area (Å²) in [7, 11) is -2.37. The molecule has 0 saturated carbocycles. The van der Waals surface area contributed by atoms with Gasteiger partial charge >= 0.3 is 5.97 Å². The molecule has 0 unspecified atom stereocenters. The Labute approximate surface area is 171 Å². The summed E-state index contributed by atoms with van der Waals surface area (Å²) in [6, 6.07) is 15.1. The zero-order valence-corrected chi connectivity index (χ0v) is 17.0. The van der Waals surface area contributed by atoms with Crippen LogP contribution in [0.2, 0.25) is 0 Å². The summed E-state index contributed by atoms with van der Waals surface area (Å²) in [5.41, 5.74) is 1.24. The van der Waals surface area contributed by atoms with Crippen LogP contribution in [0.1, 0.15) is 22.3 Å². The molecular formula is C21H24N2O5S. The number of hydrogen-bond donors (Lipinski definition) is 1. The number of methoxy groups -OCH3 is 1. The molecule has 0 spiro atoms. The Bertz CT molecular complexity index is 941. The fourth-order valence-corrected chi connectivity index (χ4v) is 3.59. The van der Waals surface area contributed by atoms with Crippen molar-refractivity contribution in [3.8, 4) is 0 Å². The first kappa shape index (κ1) is 22.3. The van der Waals surface area contributed by atoms with Crippen molar-refractivity contribution < 1.29 is 22.7 Å². The van der Waals surface area contributed by atoms with E-state index in [1.807, 2.05) is 30.3 Å². The highest BCUT2D eigenvalue weighted by molar-refractivity contribution is 7.89. The van der Waals surface area contributed by atoms with Crippen LogP contribution in [0.5, 0.6) is 0 Å². The van der Waals surface area contributed by atoms with E-state index in [2.05, 4.69) is 16.0 Å². The monoisotopic (exact) mass is 416 g/mol. The van der Waals surface area contributed by atoms with E-state index in [-0.39, 0.29) is 30.3 Å². The van der Waals surface area contributed by atoms with E-state index in [4.69, 9.17) is 0 Å². The summed E-state index contributed by atoms with van der Waals surface area (Å²) in [5, 5.41) is 0. The summed E-state index contributed by atoms with van der Waals surface area (Å²) in [4.78, 5) is 26.1. The summed E-state index contributed by atoms with van der Waals surface area (Å²) in [6.07, 6.45) is 1.51. The number of ether oxygens (including phenoxy) is 1. The quantitative estimate of drug-likeness (QED) is 0.474. The molecule has 0 aliphatic rings. The van der Waals surface area contributed by atoms with Crippen molar-refractivity contribution in [2.75, 3.05) is 20.2 Å². The summed E-state index contributed by atoms with van der Waals surface area (Å²) >= 11 is 0. The molecule has 2 rings (SSSR count). The minimum atomic E-state index is -3.67. The molecule has 8 heteroatoms. The van der Waals surface area contributed by atoms with Gasteiger partial charge in [-0.3, -0.25) is 9.59 Å². The fourth-order valence-electron chi connectivity index (χ4n) is 2.60. The second-order valence-corrected chi connectivity index (χ2v) is 7.97. The molecule has 0 heterocycles. The smallest absolute Gasteiger partial charge is 0.307 e. The van der Waals surface area contributed by atoms with Gasteiger partial charge in [-0.1, -0.05) is 36.4 Å². The highest BCUT2D eigenvalue weighted by Gasteiger charge is 2.19. The van der Waals surface area contributed by atoms with Gasteiger partial charge in [0.25, 0.3) is 5.91 Å². The first-order valence-electron chi connectivity index (χ1n) is 8.98. The summed E-state index contributed by atoms with van der Waals surface area (Å²) < 4.78 is 31.3. The lowest BCUT2D eigenvalue weighted by Crippen LogP contribution is -2.33. The molecule has 29 heavy (non-hydrogen) atoms. The van der Waals surface area contributed by atoms with Gasteiger partial charge in [0.15, 0.2) is 0 Å². The Morgan fingerprint density at radius 3 is 2.34 bits per heavy atom. The van der Waals surface area contributed by atoms with Gasteiger partial charge in [0.1, 0.15) is 0 Å². The van der Waals surface area contributed by atoms with Gasteiger partial charge in [-0.2, -0.15) is 0 Å². The van der Waals surface area contributed by atoms with Crippen LogP contribution in [-0.4, -0.2) is 45.4 Å². The van der Waals surface area contributed by atoms with Crippen molar-refractivity contribution in [3.05, 3.63) is 78.4 Å². The SMILES string of the molecule is C=CCNS(=O)(=O)c1ccc(C(=O)N(CCC(=O)OC)Cc2ccccc2)cc1. The largest absolute Gasteiger partial charge is 0.469 e. The van der Waals surface area contributed by atoms with E-state index in [1.54, 1.807) is 0 Å². The first-order chi connectivity index (χ1) is 13.9. The molecule has 0 aliphatic carbocycles. The average Bonchev–Trinajstić information content (AvgIpc) is 2.75. The maximum absolute atomic E-state index is 13.0. The van der Waals surface area contributed by atoms with E-state index in [0.717, 1.165) is 5.56 Å². The van der Waals surface area contributed by atoms with Gasteiger partial charge < -0.3 is 9.64 Å². The topological polar surface area (TPSA) is 92.8 Å². The van der Waals surface area contributed by atoms with Crippen LogP contribution in [0.3, 0.4) is 0 Å². The molecule has 1 N–H and O–H groups in total. The van der Waals surface area contributed by atoms with Gasteiger partial charge in [-0.05, 0) is 29.8 Å². The molecule has 0 atom stereocenters. The third-order valence-corrected chi connectivity index (χ3v) is 5.59. The third kappa shape index (κ3) is 6.55. The number of carbonyl (C=O) groups is 2. The summed E-state index contributed by atoms with van der Waals surface area (Å²) in [6.45, 7) is 4.09. The van der Waals surface area contributed by atoms with Crippen molar-refractivity contribution in [3.63, 3.8) is 0 Å². The molecule has 0 saturated heterocycles. The van der Waals surface area contributed by atoms with Gasteiger partial charge in [-0.15, -0.1) is 6.58 Å². The number of nitrogens with zero attached hydrogens (tertiary/aromatic N) is 1. The zero-order valence-electron chi connectivity index (χ0n) is 16.2. The Morgan fingerprint density at radius 1 is 1.10 bits per heavy atom. The van der Waals surface area contributed by atoms with Gasteiger partial charge in [0.2, 0.25) is 10.0 Å². The highest BCUT2D eigenvalue weighted by atomic mass is 32.2. The van der Waals surface area contributed by atoms with E-state index in [9.17, 15) is 18.0 Å². The van der Waals surface area contributed by atoms with Crippen LogP contribution in [-0.2, 0) is 26.1 Å². The average molecular weight is 416 g/mol. The van der Waals surface area contributed by atoms with E-state index >= 15 is 0 Å². The Morgan fingerprint density at radius 2 is 1.76 bits per heavy atom. The second kappa shape index (κ2) is 10.5. The van der Waals surface area contributed by atoms with Gasteiger partial charge in [-0.25, -0.2) is 13.1 Å². The number of rotatable bonds is 10. The lowest BCUT2D eigenvalue weighted by Gasteiger charge is -2.22. The molecular weight excluding hydrogens is 392 g/mol. The van der Waals surface area contributed by atoms with Crippen molar-refractivity contribution in [1.82, 2.24) is 9.62 Å². The molecule has 154 valence electrons. The number of sulfonamides is 1. The lowest BCUT2D eigenvalue weighted by molar-refractivity contribution is -0.140. The van der Waals surface area contributed by atoms with Crippen molar-refractivity contribution in [2.24, 2.45) is 0 Å². The summed E-state index contributed by atoms with van der Waals surface area (Å²) in [5.74, 6) is -0.716. The van der Waals surface area contributed by atoms with E-state index < -0.39 is 16.0 Å². The minimum Gasteiger partial charge on any atom is -0.469 e. The van der Waals surface area contributed by atoms with Crippen LogP contribution < -0.4 is 4.72 Å². The van der Waals surface area contributed by atoms with Crippen LogP contribution in [0.15, 0.2) is 72.1 Å². The molecule has 7 nitrogen and oxygen atoms in total. The first-order valence-corrected chi connectivity index (χ1v) is 10.5. The van der Waals surface area contributed by atoms with Gasteiger partial charge in [0, 0.05) is 25.2 Å². The minimum absolute atomic E-state index is 0.0556. The highest BCUT2D eigenvalue weighted by Crippen LogP contribution is 2.15. The number of amides is 1. The predicted octanol–water partition coefficient (Wildman–Crippen LogP) is 2.36. The number of carbonyl (C=O) groups excluding carboxylic acids is 2. The normalized spacial score (nSPS) is 10.9. The number of hydrogen-bond acceptors (Lipinski definition) is 5. The number of benzene rings is 2. The maximum atomic E-state index is 13.0. The molecule has 0 aliphatic heterocycles. The number of nitrogens with one attached hydrogen (secondary N) is 1. The zero-order chi connectivity index (χ0) is 21.3. The van der Waals surface area contributed by atoms with Crippen LogP contribution in [0.25, 0.3) is 0 Å². The fraction of sp³-hybridized carbons (Fsp3) is 0.238. The van der Waals surface area contributed by atoms with E-state index in [0.29, 0.717) is 12.1 Å². The molecule has 2 aromatic rings. The van der Waals surface area contributed by atoms with Gasteiger partial charge in [0.05, 0.1) is 18.4 Å². The van der Waals surface area contributed by atoms with Crippen molar-refractivity contribution >= 4 is 21.9 Å². The van der Waals surface area contributed by atoms with Crippen molar-refractivity contribution in [1.29, 1.82) is 0 Å². The molecule has 2 aromatic carbocycles. The van der Waals surface area contributed by atoms with E-state index in [1.165, 1.54) is 42.4 Å². The van der Waals surface area contributed by atoms with Crippen LogP contribution >= 0.6 is 0 Å². The Kier molecular flexibility index (Phi) is 8.11. The predicted molar refractivity (Wildman–Crippen MR) is 110 cm³/mol. The standard InChI is InChI=1S/C21H24N2O5S/c1-3-14-22-29(26,27)19-11-9-18(10-12-19)21(25)23(15-13-20(24)28-2)16-17-7-5-4-6-8-17/h3-12,22H,1,13-16H2,2H3. The van der Waals surface area contributed by atoms with Crippen LogP contribution in [0.4, 0.5) is 0 Å². The molecule has 0 aromatic heterocycles. The molecule has 1 amide bonds. The number of esters is 1. The molecule has 0 bridgehead atoms. The Hall–Kier alpha value is -2.97.